The number of ketones is 4. The van der Waals surface area contributed by atoms with Crippen molar-refractivity contribution in [2.45, 2.75) is 12.5 Å². The molecule has 2 heterocycles. The zero-order chi connectivity index (χ0) is 9.59. The van der Waals surface area contributed by atoms with Crippen LogP contribution in [0, 0.1) is 0 Å². The van der Waals surface area contributed by atoms with Crippen molar-refractivity contribution in [3.63, 3.8) is 0 Å². The van der Waals surface area contributed by atoms with Gasteiger partial charge in [-0.15, -0.1) is 0 Å². The summed E-state index contributed by atoms with van der Waals surface area (Å²) >= 11 is 0. The summed E-state index contributed by atoms with van der Waals surface area (Å²) in [5, 5.41) is 0. The standard InChI is InChI=1S/C8H7NO4/c10-4-1-2-9-3-5(11)7(12)8(13)6(4)9/h6H,1-3H2. The van der Waals surface area contributed by atoms with Crippen molar-refractivity contribution in [2.24, 2.45) is 0 Å². The molecule has 13 heavy (non-hydrogen) atoms. The Balaban J connectivity index is 2.35. The molecule has 0 aliphatic carbocycles. The van der Waals surface area contributed by atoms with Crippen molar-refractivity contribution in [3.05, 3.63) is 0 Å². The van der Waals surface area contributed by atoms with Crippen molar-refractivity contribution >= 4 is 23.1 Å². The lowest BCUT2D eigenvalue weighted by atomic mass is 9.98. The topological polar surface area (TPSA) is 71.5 Å². The number of Topliss-reactive ketones (excluding diaryl/α,β-unsaturated/α-hetero) is 4. The summed E-state index contributed by atoms with van der Waals surface area (Å²) in [6.07, 6.45) is 0.261. The highest BCUT2D eigenvalue weighted by molar-refractivity contribution is 6.67. The van der Waals surface area contributed by atoms with Gasteiger partial charge in [-0.05, 0) is 0 Å². The van der Waals surface area contributed by atoms with Crippen LogP contribution in [0.5, 0.6) is 0 Å². The molecule has 1 atom stereocenters. The summed E-state index contributed by atoms with van der Waals surface area (Å²) in [6, 6.07) is -0.954. The minimum Gasteiger partial charge on any atom is -0.297 e. The highest BCUT2D eigenvalue weighted by atomic mass is 16.2. The third kappa shape index (κ3) is 1.04. The first-order valence-electron chi connectivity index (χ1n) is 3.99. The summed E-state index contributed by atoms with van der Waals surface area (Å²) in [5.41, 5.74) is 0. The maximum absolute atomic E-state index is 11.2. The van der Waals surface area contributed by atoms with Crippen LogP contribution in [0.3, 0.4) is 0 Å². The van der Waals surface area contributed by atoms with E-state index in [1.54, 1.807) is 0 Å². The molecule has 2 saturated heterocycles. The second kappa shape index (κ2) is 2.56. The zero-order valence-electron chi connectivity index (χ0n) is 6.78. The predicted octanol–water partition coefficient (Wildman–Crippen LogP) is -1.65. The fourth-order valence-corrected chi connectivity index (χ4v) is 1.72. The van der Waals surface area contributed by atoms with Crippen molar-refractivity contribution in [1.29, 1.82) is 0 Å². The van der Waals surface area contributed by atoms with Gasteiger partial charge in [-0.25, -0.2) is 0 Å². The van der Waals surface area contributed by atoms with Gasteiger partial charge < -0.3 is 0 Å². The number of piperidine rings is 1. The Morgan fingerprint density at radius 2 is 1.85 bits per heavy atom. The molecule has 2 aliphatic heterocycles. The lowest BCUT2D eigenvalue weighted by Crippen LogP contribution is -2.54. The molecule has 2 fully saturated rings. The van der Waals surface area contributed by atoms with E-state index in [2.05, 4.69) is 0 Å². The summed E-state index contributed by atoms with van der Waals surface area (Å²) in [5.74, 6) is -2.81. The maximum atomic E-state index is 11.2. The van der Waals surface area contributed by atoms with E-state index in [1.807, 2.05) is 0 Å². The SMILES string of the molecule is O=C1CN2CCC(=O)C2C(=O)C1=O. The minimum atomic E-state index is -1.02. The quantitative estimate of drug-likeness (QED) is 0.331. The first-order chi connectivity index (χ1) is 6.11. The van der Waals surface area contributed by atoms with Crippen molar-refractivity contribution in [2.75, 3.05) is 13.1 Å². The minimum absolute atomic E-state index is 0.0824. The van der Waals surface area contributed by atoms with E-state index in [0.29, 0.717) is 6.54 Å². The summed E-state index contributed by atoms with van der Waals surface area (Å²) in [7, 11) is 0. The molecular weight excluding hydrogens is 174 g/mol. The molecule has 5 heteroatoms. The normalized spacial score (nSPS) is 29.7. The van der Waals surface area contributed by atoms with Gasteiger partial charge >= 0.3 is 0 Å². The summed E-state index contributed by atoms with van der Waals surface area (Å²) in [4.78, 5) is 45.7. The zero-order valence-corrected chi connectivity index (χ0v) is 6.78. The van der Waals surface area contributed by atoms with Crippen LogP contribution >= 0.6 is 0 Å². The van der Waals surface area contributed by atoms with Crippen LogP contribution in [0.2, 0.25) is 0 Å². The monoisotopic (exact) mass is 181 g/mol. The Bertz CT molecular complexity index is 333. The highest BCUT2D eigenvalue weighted by Crippen LogP contribution is 2.18. The first-order valence-corrected chi connectivity index (χ1v) is 3.99. The maximum Gasteiger partial charge on any atom is 0.267 e. The average Bonchev–Trinajstić information content (AvgIpc) is 2.43. The molecule has 2 rings (SSSR count). The smallest absolute Gasteiger partial charge is 0.267 e. The third-order valence-electron chi connectivity index (χ3n) is 2.39. The van der Waals surface area contributed by atoms with Gasteiger partial charge in [-0.2, -0.15) is 0 Å². The Labute approximate surface area is 73.7 Å². The lowest BCUT2D eigenvalue weighted by molar-refractivity contribution is -0.150. The van der Waals surface area contributed by atoms with Crippen LogP contribution in [-0.2, 0) is 19.2 Å². The third-order valence-corrected chi connectivity index (χ3v) is 2.39. The number of carbonyl (C=O) groups excluding carboxylic acids is 4. The number of carbonyl (C=O) groups is 4. The molecule has 0 aromatic rings. The number of nitrogens with zero attached hydrogens (tertiary/aromatic N) is 1. The second-order valence-electron chi connectivity index (χ2n) is 3.21. The van der Waals surface area contributed by atoms with E-state index in [1.165, 1.54) is 4.90 Å². The van der Waals surface area contributed by atoms with Crippen LogP contribution in [0.15, 0.2) is 0 Å². The molecule has 2 aliphatic rings. The van der Waals surface area contributed by atoms with Gasteiger partial charge in [0.1, 0.15) is 6.04 Å². The number of hydrogen-bond donors (Lipinski definition) is 0. The number of fused-ring (bicyclic) bond motifs is 1. The largest absolute Gasteiger partial charge is 0.297 e. The molecule has 0 amide bonds. The van der Waals surface area contributed by atoms with E-state index in [4.69, 9.17) is 0 Å². The summed E-state index contributed by atoms with van der Waals surface area (Å²) in [6.45, 7) is 0.329. The molecule has 5 nitrogen and oxygen atoms in total. The molecule has 1 unspecified atom stereocenters. The van der Waals surface area contributed by atoms with E-state index in [0.717, 1.165) is 0 Å². The van der Waals surface area contributed by atoms with Crippen molar-refractivity contribution < 1.29 is 19.2 Å². The average molecular weight is 181 g/mol. The number of hydrogen-bond acceptors (Lipinski definition) is 5. The lowest BCUT2D eigenvalue weighted by Gasteiger charge is -2.24. The van der Waals surface area contributed by atoms with Gasteiger partial charge in [0, 0.05) is 13.0 Å². The van der Waals surface area contributed by atoms with Gasteiger partial charge in [-0.1, -0.05) is 0 Å². The van der Waals surface area contributed by atoms with Gasteiger partial charge in [0.25, 0.3) is 5.78 Å². The Kier molecular flexibility index (Phi) is 1.63. The molecule has 0 bridgehead atoms. The predicted molar refractivity (Wildman–Crippen MR) is 40.0 cm³/mol. The Hall–Kier alpha value is -1.36. The van der Waals surface area contributed by atoms with Crippen LogP contribution in [0.25, 0.3) is 0 Å². The fraction of sp³-hybridized carbons (Fsp3) is 0.500. The molecule has 0 aromatic heterocycles. The van der Waals surface area contributed by atoms with E-state index in [-0.39, 0.29) is 18.7 Å². The van der Waals surface area contributed by atoms with Gasteiger partial charge in [0.05, 0.1) is 6.54 Å². The summed E-state index contributed by atoms with van der Waals surface area (Å²) < 4.78 is 0. The van der Waals surface area contributed by atoms with Gasteiger partial charge in [0.15, 0.2) is 5.78 Å². The molecule has 0 aromatic carbocycles. The van der Waals surface area contributed by atoms with E-state index < -0.39 is 23.4 Å². The Morgan fingerprint density at radius 3 is 2.54 bits per heavy atom. The highest BCUT2D eigenvalue weighted by Gasteiger charge is 2.47. The van der Waals surface area contributed by atoms with Gasteiger partial charge in [-0.3, -0.25) is 24.1 Å². The molecule has 0 saturated carbocycles. The second-order valence-corrected chi connectivity index (χ2v) is 3.21. The molecule has 0 N–H and O–H groups in total. The van der Waals surface area contributed by atoms with E-state index in [9.17, 15) is 19.2 Å². The number of rotatable bonds is 0. The van der Waals surface area contributed by atoms with E-state index >= 15 is 0 Å². The molecule has 0 radical (unpaired) electrons. The van der Waals surface area contributed by atoms with Crippen LogP contribution in [0.1, 0.15) is 6.42 Å². The first kappa shape index (κ1) is 8.25. The molecule has 0 spiro atoms. The molecule has 68 valence electrons. The Morgan fingerprint density at radius 1 is 1.15 bits per heavy atom. The van der Waals surface area contributed by atoms with Gasteiger partial charge in [0.2, 0.25) is 11.6 Å². The molecular formula is C8H7NO4. The van der Waals surface area contributed by atoms with Crippen LogP contribution < -0.4 is 0 Å². The van der Waals surface area contributed by atoms with Crippen molar-refractivity contribution in [3.8, 4) is 0 Å². The van der Waals surface area contributed by atoms with Crippen LogP contribution in [0.4, 0.5) is 0 Å². The van der Waals surface area contributed by atoms with Crippen LogP contribution in [-0.4, -0.2) is 47.2 Å². The van der Waals surface area contributed by atoms with Crippen molar-refractivity contribution in [1.82, 2.24) is 4.90 Å². The fourth-order valence-electron chi connectivity index (χ4n) is 1.72.